The van der Waals surface area contributed by atoms with Crippen molar-refractivity contribution in [3.8, 4) is 6.07 Å². The molecule has 0 bridgehead atoms. The SMILES string of the molecule is C[C@H]1CCc2c(sc(NC(=O)COC(=O)C3CC3)c2C#N)C1. The van der Waals surface area contributed by atoms with E-state index in [1.54, 1.807) is 0 Å². The van der Waals surface area contributed by atoms with Crippen LogP contribution in [-0.2, 0) is 27.2 Å². The van der Waals surface area contributed by atoms with Gasteiger partial charge in [0, 0.05) is 4.88 Å². The van der Waals surface area contributed by atoms with Crippen molar-refractivity contribution in [3.05, 3.63) is 16.0 Å². The van der Waals surface area contributed by atoms with Gasteiger partial charge in [-0.1, -0.05) is 6.92 Å². The normalized spacial score (nSPS) is 19.9. The smallest absolute Gasteiger partial charge is 0.309 e. The van der Waals surface area contributed by atoms with Crippen LogP contribution in [0.3, 0.4) is 0 Å². The molecule has 1 saturated carbocycles. The molecule has 0 unspecified atom stereocenters. The number of thiophene rings is 1. The standard InChI is InChI=1S/C16H18N2O3S/c1-9-2-5-11-12(7-17)15(22-13(11)6-9)18-14(19)8-21-16(20)10-3-4-10/h9-10H,2-6,8H2,1H3,(H,18,19)/t9-/m0/s1. The van der Waals surface area contributed by atoms with Crippen LogP contribution < -0.4 is 5.32 Å². The fourth-order valence-corrected chi connectivity index (χ4v) is 4.07. The first-order valence-corrected chi connectivity index (χ1v) is 8.41. The highest BCUT2D eigenvalue weighted by Gasteiger charge is 2.31. The van der Waals surface area contributed by atoms with Crippen molar-refractivity contribution in [1.82, 2.24) is 0 Å². The Morgan fingerprint density at radius 2 is 2.18 bits per heavy atom. The van der Waals surface area contributed by atoms with Crippen LogP contribution in [0.2, 0.25) is 0 Å². The molecule has 0 aromatic carbocycles. The first-order valence-electron chi connectivity index (χ1n) is 7.59. The van der Waals surface area contributed by atoms with Crippen LogP contribution in [0.4, 0.5) is 5.00 Å². The molecule has 116 valence electrons. The summed E-state index contributed by atoms with van der Waals surface area (Å²) < 4.78 is 4.96. The summed E-state index contributed by atoms with van der Waals surface area (Å²) in [6.45, 7) is 1.92. The fourth-order valence-electron chi connectivity index (χ4n) is 2.69. The Kier molecular flexibility index (Phi) is 4.16. The molecule has 2 aliphatic carbocycles. The second-order valence-corrected chi connectivity index (χ2v) is 7.20. The maximum absolute atomic E-state index is 11.9. The molecule has 1 aromatic heterocycles. The first-order chi connectivity index (χ1) is 10.6. The molecule has 6 heteroatoms. The Morgan fingerprint density at radius 1 is 1.41 bits per heavy atom. The Morgan fingerprint density at radius 3 is 2.86 bits per heavy atom. The van der Waals surface area contributed by atoms with Gasteiger partial charge in [0.15, 0.2) is 6.61 Å². The Balaban J connectivity index is 1.65. The Hall–Kier alpha value is -1.87. The van der Waals surface area contributed by atoms with Gasteiger partial charge in [0.1, 0.15) is 11.1 Å². The van der Waals surface area contributed by atoms with Gasteiger partial charge in [-0.25, -0.2) is 0 Å². The van der Waals surface area contributed by atoms with E-state index in [-0.39, 0.29) is 24.4 Å². The molecule has 5 nitrogen and oxygen atoms in total. The number of amides is 1. The van der Waals surface area contributed by atoms with E-state index in [1.807, 2.05) is 0 Å². The van der Waals surface area contributed by atoms with Crippen molar-refractivity contribution < 1.29 is 14.3 Å². The van der Waals surface area contributed by atoms with Crippen LogP contribution in [0.1, 0.15) is 42.2 Å². The fraction of sp³-hybridized carbons (Fsp3) is 0.562. The third kappa shape index (κ3) is 3.14. The van der Waals surface area contributed by atoms with E-state index >= 15 is 0 Å². The van der Waals surface area contributed by atoms with Gasteiger partial charge in [0.25, 0.3) is 5.91 Å². The number of esters is 1. The van der Waals surface area contributed by atoms with E-state index in [9.17, 15) is 14.9 Å². The number of carbonyl (C=O) groups is 2. The zero-order valence-electron chi connectivity index (χ0n) is 12.5. The Labute approximate surface area is 133 Å². The minimum absolute atomic E-state index is 0.0157. The average Bonchev–Trinajstić information content (AvgIpc) is 3.27. The minimum atomic E-state index is -0.378. The van der Waals surface area contributed by atoms with Crippen molar-refractivity contribution in [2.75, 3.05) is 11.9 Å². The monoisotopic (exact) mass is 318 g/mol. The number of ether oxygens (including phenoxy) is 1. The van der Waals surface area contributed by atoms with E-state index in [2.05, 4.69) is 18.3 Å². The zero-order chi connectivity index (χ0) is 15.7. The molecule has 1 aromatic rings. The van der Waals surface area contributed by atoms with Gasteiger partial charge in [0.2, 0.25) is 0 Å². The van der Waals surface area contributed by atoms with E-state index in [0.717, 1.165) is 37.7 Å². The highest BCUT2D eigenvalue weighted by atomic mass is 32.1. The summed E-state index contributed by atoms with van der Waals surface area (Å²) in [5.74, 6) is -0.0779. The molecule has 0 radical (unpaired) electrons. The predicted octanol–water partition coefficient (Wildman–Crippen LogP) is 2.64. The molecule has 3 rings (SSSR count). The summed E-state index contributed by atoms with van der Waals surface area (Å²) in [4.78, 5) is 24.5. The number of fused-ring (bicyclic) bond motifs is 1. The van der Waals surface area contributed by atoms with Crippen LogP contribution in [0.25, 0.3) is 0 Å². The summed E-state index contributed by atoms with van der Waals surface area (Å²) in [5.41, 5.74) is 1.66. The second-order valence-electron chi connectivity index (χ2n) is 6.10. The van der Waals surface area contributed by atoms with E-state index in [0.29, 0.717) is 16.5 Å². The maximum atomic E-state index is 11.9. The molecule has 0 saturated heterocycles. The van der Waals surface area contributed by atoms with Gasteiger partial charge in [0.05, 0.1) is 11.5 Å². The van der Waals surface area contributed by atoms with Crippen molar-refractivity contribution in [1.29, 1.82) is 5.26 Å². The zero-order valence-corrected chi connectivity index (χ0v) is 13.3. The van der Waals surface area contributed by atoms with Crippen LogP contribution in [0, 0.1) is 23.2 Å². The average molecular weight is 318 g/mol. The van der Waals surface area contributed by atoms with Gasteiger partial charge in [-0.3, -0.25) is 9.59 Å². The van der Waals surface area contributed by atoms with Crippen molar-refractivity contribution >= 4 is 28.2 Å². The van der Waals surface area contributed by atoms with Crippen molar-refractivity contribution in [3.63, 3.8) is 0 Å². The number of rotatable bonds is 4. The highest BCUT2D eigenvalue weighted by molar-refractivity contribution is 7.16. The lowest BCUT2D eigenvalue weighted by Crippen LogP contribution is -2.21. The number of anilines is 1. The van der Waals surface area contributed by atoms with Crippen LogP contribution in [0.15, 0.2) is 0 Å². The molecule has 1 amide bonds. The minimum Gasteiger partial charge on any atom is -0.455 e. The number of nitriles is 1. The molecular weight excluding hydrogens is 300 g/mol. The number of nitrogens with zero attached hydrogens (tertiary/aromatic N) is 1. The molecule has 0 aliphatic heterocycles. The molecular formula is C16H18N2O3S. The summed E-state index contributed by atoms with van der Waals surface area (Å²) in [5, 5.41) is 12.7. The van der Waals surface area contributed by atoms with Crippen molar-refractivity contribution in [2.24, 2.45) is 11.8 Å². The molecule has 1 N–H and O–H groups in total. The summed E-state index contributed by atoms with van der Waals surface area (Å²) in [6.07, 6.45) is 4.64. The quantitative estimate of drug-likeness (QED) is 0.866. The van der Waals surface area contributed by atoms with Gasteiger partial charge < -0.3 is 10.1 Å². The number of nitrogens with one attached hydrogen (secondary N) is 1. The summed E-state index contributed by atoms with van der Waals surface area (Å²) in [7, 11) is 0. The second kappa shape index (κ2) is 6.09. The first kappa shape index (κ1) is 15.0. The topological polar surface area (TPSA) is 79.2 Å². The molecule has 22 heavy (non-hydrogen) atoms. The lowest BCUT2D eigenvalue weighted by atomic mass is 9.89. The van der Waals surface area contributed by atoms with Gasteiger partial charge in [-0.15, -0.1) is 11.3 Å². The van der Waals surface area contributed by atoms with E-state index in [1.165, 1.54) is 16.2 Å². The molecule has 1 fully saturated rings. The predicted molar refractivity (Wildman–Crippen MR) is 82.5 cm³/mol. The molecule has 2 aliphatic rings. The molecule has 1 heterocycles. The van der Waals surface area contributed by atoms with Crippen molar-refractivity contribution in [2.45, 2.75) is 39.0 Å². The Bertz CT molecular complexity index is 655. The largest absolute Gasteiger partial charge is 0.455 e. The van der Waals surface area contributed by atoms with Gasteiger partial charge >= 0.3 is 5.97 Å². The van der Waals surface area contributed by atoms with Gasteiger partial charge in [-0.05, 0) is 43.6 Å². The lowest BCUT2D eigenvalue weighted by molar-refractivity contribution is -0.148. The lowest BCUT2D eigenvalue weighted by Gasteiger charge is -2.17. The number of hydrogen-bond acceptors (Lipinski definition) is 5. The van der Waals surface area contributed by atoms with Gasteiger partial charge in [-0.2, -0.15) is 5.26 Å². The van der Waals surface area contributed by atoms with E-state index in [4.69, 9.17) is 4.74 Å². The summed E-state index contributed by atoms with van der Waals surface area (Å²) >= 11 is 1.48. The maximum Gasteiger partial charge on any atom is 0.309 e. The third-order valence-electron chi connectivity index (χ3n) is 4.13. The van der Waals surface area contributed by atoms with Crippen LogP contribution in [-0.4, -0.2) is 18.5 Å². The third-order valence-corrected chi connectivity index (χ3v) is 5.30. The number of carbonyl (C=O) groups excluding carboxylic acids is 2. The molecule has 1 atom stereocenters. The van der Waals surface area contributed by atoms with Crippen LogP contribution in [0.5, 0.6) is 0 Å². The van der Waals surface area contributed by atoms with E-state index < -0.39 is 0 Å². The number of hydrogen-bond donors (Lipinski definition) is 1. The molecule has 0 spiro atoms. The highest BCUT2D eigenvalue weighted by Crippen LogP contribution is 2.39. The van der Waals surface area contributed by atoms with Crippen LogP contribution >= 0.6 is 11.3 Å². The summed E-state index contributed by atoms with van der Waals surface area (Å²) in [6, 6.07) is 2.20.